The van der Waals surface area contributed by atoms with Crippen LogP contribution in [-0.2, 0) is 0 Å². The Morgan fingerprint density at radius 3 is 2.73 bits per heavy atom. The van der Waals surface area contributed by atoms with Crippen molar-refractivity contribution in [3.63, 3.8) is 0 Å². The van der Waals surface area contributed by atoms with Crippen LogP contribution in [0, 0.1) is 0 Å². The molecule has 1 amide bonds. The van der Waals surface area contributed by atoms with Crippen molar-refractivity contribution in [2.24, 2.45) is 0 Å². The Bertz CT molecular complexity index is 685. The number of benzene rings is 2. The van der Waals surface area contributed by atoms with Gasteiger partial charge >= 0.3 is 0 Å². The Hall–Kier alpha value is -2.27. The molecule has 4 nitrogen and oxygen atoms in total. The quantitative estimate of drug-likeness (QED) is 0.781. The Morgan fingerprint density at radius 2 is 2.05 bits per heavy atom. The van der Waals surface area contributed by atoms with Gasteiger partial charge in [0.15, 0.2) is 0 Å². The maximum Gasteiger partial charge on any atom is 0.255 e. The first-order valence-corrected chi connectivity index (χ1v) is 7.42. The summed E-state index contributed by atoms with van der Waals surface area (Å²) in [4.78, 5) is 12.3. The number of rotatable bonds is 6. The largest absolute Gasteiger partial charge is 0.495 e. The third kappa shape index (κ3) is 3.89. The molecule has 0 spiro atoms. The zero-order valence-corrected chi connectivity index (χ0v) is 13.7. The van der Waals surface area contributed by atoms with Gasteiger partial charge in [-0.2, -0.15) is 0 Å². The van der Waals surface area contributed by atoms with Crippen molar-refractivity contribution < 1.29 is 14.3 Å². The Morgan fingerprint density at radius 1 is 1.27 bits per heavy atom. The predicted octanol–water partition coefficient (Wildman–Crippen LogP) is 4.27. The minimum absolute atomic E-state index is 0.222. The van der Waals surface area contributed by atoms with Gasteiger partial charge in [-0.05, 0) is 46.3 Å². The SMILES string of the molecule is C=CCOc1ccc(C(=O)Nc2ccccc2OC)cc1Br. The van der Waals surface area contributed by atoms with E-state index in [0.717, 1.165) is 0 Å². The molecule has 0 aliphatic heterocycles. The summed E-state index contributed by atoms with van der Waals surface area (Å²) in [7, 11) is 1.56. The number of methoxy groups -OCH3 is 1. The first-order valence-electron chi connectivity index (χ1n) is 6.63. The van der Waals surface area contributed by atoms with E-state index in [-0.39, 0.29) is 5.91 Å². The van der Waals surface area contributed by atoms with Crippen LogP contribution in [0.4, 0.5) is 5.69 Å². The van der Waals surface area contributed by atoms with Crippen molar-refractivity contribution in [1.29, 1.82) is 0 Å². The van der Waals surface area contributed by atoms with Crippen LogP contribution >= 0.6 is 15.9 Å². The molecule has 2 rings (SSSR count). The van der Waals surface area contributed by atoms with Crippen molar-refractivity contribution in [2.45, 2.75) is 0 Å². The normalized spacial score (nSPS) is 9.91. The lowest BCUT2D eigenvalue weighted by atomic mass is 10.2. The van der Waals surface area contributed by atoms with Gasteiger partial charge in [-0.15, -0.1) is 0 Å². The molecule has 0 aliphatic rings. The molecule has 0 unspecified atom stereocenters. The Kier molecular flexibility index (Phi) is 5.61. The van der Waals surface area contributed by atoms with Crippen LogP contribution in [0.25, 0.3) is 0 Å². The summed E-state index contributed by atoms with van der Waals surface area (Å²) in [5.74, 6) is 1.05. The fraction of sp³-hybridized carbons (Fsp3) is 0.118. The molecule has 0 aromatic heterocycles. The topological polar surface area (TPSA) is 47.6 Å². The molecule has 0 radical (unpaired) electrons. The number of hydrogen-bond acceptors (Lipinski definition) is 3. The van der Waals surface area contributed by atoms with E-state index in [9.17, 15) is 4.79 Å². The first-order chi connectivity index (χ1) is 10.7. The molecule has 0 bridgehead atoms. The van der Waals surface area contributed by atoms with Crippen molar-refractivity contribution >= 4 is 27.5 Å². The molecular weight excluding hydrogens is 346 g/mol. The Labute approximate surface area is 137 Å². The zero-order chi connectivity index (χ0) is 15.9. The molecular formula is C17H16BrNO3. The molecule has 1 N–H and O–H groups in total. The van der Waals surface area contributed by atoms with Crippen LogP contribution in [0.3, 0.4) is 0 Å². The first kappa shape index (κ1) is 16.1. The van der Waals surface area contributed by atoms with E-state index in [1.165, 1.54) is 0 Å². The van der Waals surface area contributed by atoms with Crippen LogP contribution in [0.5, 0.6) is 11.5 Å². The van der Waals surface area contributed by atoms with E-state index in [0.29, 0.717) is 33.8 Å². The fourth-order valence-corrected chi connectivity index (χ4v) is 2.34. The van der Waals surface area contributed by atoms with E-state index in [2.05, 4.69) is 27.8 Å². The molecule has 2 aromatic rings. The molecule has 2 aromatic carbocycles. The van der Waals surface area contributed by atoms with Crippen LogP contribution in [-0.4, -0.2) is 19.6 Å². The van der Waals surface area contributed by atoms with E-state index < -0.39 is 0 Å². The van der Waals surface area contributed by atoms with Gasteiger partial charge in [0.2, 0.25) is 0 Å². The van der Waals surface area contributed by atoms with Crippen LogP contribution in [0.15, 0.2) is 59.6 Å². The van der Waals surface area contributed by atoms with Gasteiger partial charge in [-0.3, -0.25) is 4.79 Å². The van der Waals surface area contributed by atoms with Crippen molar-refractivity contribution in [3.8, 4) is 11.5 Å². The van der Waals surface area contributed by atoms with Gasteiger partial charge in [0.05, 0.1) is 17.3 Å². The van der Waals surface area contributed by atoms with E-state index in [1.807, 2.05) is 12.1 Å². The van der Waals surface area contributed by atoms with E-state index in [4.69, 9.17) is 9.47 Å². The molecule has 0 fully saturated rings. The Balaban J connectivity index is 2.16. The average Bonchev–Trinajstić information content (AvgIpc) is 2.54. The summed E-state index contributed by atoms with van der Waals surface area (Å²) < 4.78 is 11.4. The van der Waals surface area contributed by atoms with Gasteiger partial charge in [0, 0.05) is 5.56 Å². The maximum absolute atomic E-state index is 12.3. The second-order valence-electron chi connectivity index (χ2n) is 4.40. The summed E-state index contributed by atoms with van der Waals surface area (Å²) in [6.07, 6.45) is 1.66. The summed E-state index contributed by atoms with van der Waals surface area (Å²) in [5, 5.41) is 2.83. The maximum atomic E-state index is 12.3. The lowest BCUT2D eigenvalue weighted by molar-refractivity contribution is 0.102. The van der Waals surface area contributed by atoms with E-state index >= 15 is 0 Å². The van der Waals surface area contributed by atoms with Gasteiger partial charge in [-0.25, -0.2) is 0 Å². The summed E-state index contributed by atoms with van der Waals surface area (Å²) in [6, 6.07) is 12.4. The van der Waals surface area contributed by atoms with Crippen LogP contribution in [0.1, 0.15) is 10.4 Å². The third-order valence-electron chi connectivity index (χ3n) is 2.91. The number of hydrogen-bond donors (Lipinski definition) is 1. The number of ether oxygens (including phenoxy) is 2. The van der Waals surface area contributed by atoms with Gasteiger partial charge in [0.1, 0.15) is 18.1 Å². The standard InChI is InChI=1S/C17H16BrNO3/c1-3-10-22-15-9-8-12(11-13(15)18)17(20)19-14-6-4-5-7-16(14)21-2/h3-9,11H,1,10H2,2H3,(H,19,20). The number of amides is 1. The van der Waals surface area contributed by atoms with Gasteiger partial charge < -0.3 is 14.8 Å². The molecule has 114 valence electrons. The molecule has 0 saturated heterocycles. The molecule has 22 heavy (non-hydrogen) atoms. The summed E-state index contributed by atoms with van der Waals surface area (Å²) in [5.41, 5.74) is 1.14. The number of halogens is 1. The highest BCUT2D eigenvalue weighted by molar-refractivity contribution is 9.10. The van der Waals surface area contributed by atoms with E-state index in [1.54, 1.807) is 43.5 Å². The zero-order valence-electron chi connectivity index (χ0n) is 12.1. The summed E-state index contributed by atoms with van der Waals surface area (Å²) >= 11 is 3.40. The minimum Gasteiger partial charge on any atom is -0.495 e. The number of para-hydroxylation sites is 2. The minimum atomic E-state index is -0.222. The van der Waals surface area contributed by atoms with Crippen molar-refractivity contribution in [2.75, 3.05) is 19.0 Å². The highest BCUT2D eigenvalue weighted by atomic mass is 79.9. The summed E-state index contributed by atoms with van der Waals surface area (Å²) in [6.45, 7) is 4.01. The van der Waals surface area contributed by atoms with Crippen LogP contribution in [0.2, 0.25) is 0 Å². The molecule has 0 saturated carbocycles. The predicted molar refractivity (Wildman–Crippen MR) is 90.8 cm³/mol. The second kappa shape index (κ2) is 7.66. The molecule has 0 heterocycles. The number of carbonyl (C=O) groups is 1. The lowest BCUT2D eigenvalue weighted by Crippen LogP contribution is -2.12. The third-order valence-corrected chi connectivity index (χ3v) is 3.53. The highest BCUT2D eigenvalue weighted by Gasteiger charge is 2.11. The lowest BCUT2D eigenvalue weighted by Gasteiger charge is -2.11. The van der Waals surface area contributed by atoms with Crippen LogP contribution < -0.4 is 14.8 Å². The number of nitrogens with one attached hydrogen (secondary N) is 1. The highest BCUT2D eigenvalue weighted by Crippen LogP contribution is 2.28. The number of anilines is 1. The van der Waals surface area contributed by atoms with Gasteiger partial charge in [-0.1, -0.05) is 24.8 Å². The van der Waals surface area contributed by atoms with Crippen molar-refractivity contribution in [1.82, 2.24) is 0 Å². The second-order valence-corrected chi connectivity index (χ2v) is 5.25. The molecule has 0 atom stereocenters. The average molecular weight is 362 g/mol. The smallest absolute Gasteiger partial charge is 0.255 e. The van der Waals surface area contributed by atoms with Crippen molar-refractivity contribution in [3.05, 3.63) is 65.2 Å². The molecule has 0 aliphatic carbocycles. The fourth-order valence-electron chi connectivity index (χ4n) is 1.85. The number of carbonyl (C=O) groups excluding carboxylic acids is 1. The monoisotopic (exact) mass is 361 g/mol. The van der Waals surface area contributed by atoms with Gasteiger partial charge in [0.25, 0.3) is 5.91 Å². The molecule has 5 heteroatoms.